The molecule has 362 valence electrons. The van der Waals surface area contributed by atoms with Crippen LogP contribution in [-0.2, 0) is 49.0 Å². The highest BCUT2D eigenvalue weighted by Crippen LogP contribution is 2.38. The zero-order valence-corrected chi connectivity index (χ0v) is 40.3. The number of nitriles is 1. The van der Waals surface area contributed by atoms with Crippen LogP contribution in [0.25, 0.3) is 16.0 Å². The van der Waals surface area contributed by atoms with Gasteiger partial charge in [-0.2, -0.15) is 5.26 Å². The fourth-order valence-corrected chi connectivity index (χ4v) is 8.16. The van der Waals surface area contributed by atoms with Crippen LogP contribution < -0.4 is 24.3 Å². The van der Waals surface area contributed by atoms with Gasteiger partial charge in [-0.3, -0.25) is 24.9 Å². The van der Waals surface area contributed by atoms with Crippen LogP contribution in [0.15, 0.2) is 97.6 Å². The van der Waals surface area contributed by atoms with Gasteiger partial charge in [0.25, 0.3) is 0 Å². The minimum atomic E-state index is -1.25. The summed E-state index contributed by atoms with van der Waals surface area (Å²) in [6, 6.07) is 22.6. The van der Waals surface area contributed by atoms with Gasteiger partial charge in [-0.15, -0.1) is 0 Å². The number of aliphatic hydroxyl groups excluding tert-OH is 2. The first-order valence-electron chi connectivity index (χ1n) is 22.1. The van der Waals surface area contributed by atoms with Crippen LogP contribution >= 0.6 is 23.2 Å². The SMILES string of the molecule is [C-]#[N+]c1cncc(COc2cc(OCc3cccc(-c4cccc(COc5cc(OCc6cncc(C#N)c6)c(CNC(C(=O)O)C(C)O)cc5Cl)c4C)c3C)c(Cl)cc2CCC(C(=O)O)C(C)O)c1. The maximum absolute atomic E-state index is 11.9. The van der Waals surface area contributed by atoms with E-state index in [1.54, 1.807) is 48.8 Å². The molecule has 0 radical (unpaired) electrons. The van der Waals surface area contributed by atoms with Crippen molar-refractivity contribution in [1.29, 1.82) is 5.26 Å². The van der Waals surface area contributed by atoms with Gasteiger partial charge in [0.1, 0.15) is 61.5 Å². The summed E-state index contributed by atoms with van der Waals surface area (Å²) in [6.07, 6.45) is 4.19. The van der Waals surface area contributed by atoms with Crippen molar-refractivity contribution in [2.24, 2.45) is 5.92 Å². The van der Waals surface area contributed by atoms with E-state index < -0.39 is 36.1 Å². The summed E-state index contributed by atoms with van der Waals surface area (Å²) in [5.74, 6) is -1.94. The number of halogens is 2. The molecule has 0 aliphatic rings. The molecule has 6 aromatic rings. The highest BCUT2D eigenvalue weighted by Gasteiger charge is 2.25. The lowest BCUT2D eigenvalue weighted by atomic mass is 9.92. The highest BCUT2D eigenvalue weighted by atomic mass is 35.5. The largest absolute Gasteiger partial charge is 0.488 e. The molecule has 4 atom stereocenters. The summed E-state index contributed by atoms with van der Waals surface area (Å²) >= 11 is 13.6. The predicted molar refractivity (Wildman–Crippen MR) is 262 cm³/mol. The number of carbonyl (C=O) groups is 2. The van der Waals surface area contributed by atoms with E-state index in [1.165, 1.54) is 26.2 Å². The number of pyridine rings is 2. The van der Waals surface area contributed by atoms with E-state index in [0.29, 0.717) is 56.5 Å². The molecule has 70 heavy (non-hydrogen) atoms. The Morgan fingerprint density at radius 1 is 0.700 bits per heavy atom. The molecule has 0 fully saturated rings. The molecule has 4 aromatic carbocycles. The number of hydrogen-bond acceptors (Lipinski definition) is 12. The van der Waals surface area contributed by atoms with Crippen LogP contribution in [0, 0.1) is 37.7 Å². The topological polar surface area (TPSA) is 218 Å². The molecule has 0 saturated carbocycles. The number of aryl methyl sites for hydroxylation is 1. The lowest BCUT2D eigenvalue weighted by molar-refractivity contribution is -0.145. The van der Waals surface area contributed by atoms with Gasteiger partial charge >= 0.3 is 11.9 Å². The first kappa shape index (κ1) is 52.1. The third-order valence-corrected chi connectivity index (χ3v) is 12.3. The van der Waals surface area contributed by atoms with Crippen LogP contribution in [-0.4, -0.2) is 60.6 Å². The molecule has 0 spiro atoms. The average Bonchev–Trinajstić information content (AvgIpc) is 3.33. The number of aromatic nitrogens is 2. The number of nitrogens with zero attached hydrogens (tertiary/aromatic N) is 4. The van der Waals surface area contributed by atoms with E-state index in [9.17, 15) is 35.3 Å². The van der Waals surface area contributed by atoms with Gasteiger partial charge in [0.15, 0.2) is 0 Å². The number of aliphatic carboxylic acids is 2. The number of ether oxygens (including phenoxy) is 4. The molecule has 2 heterocycles. The molecule has 0 saturated heterocycles. The Balaban J connectivity index is 1.21. The summed E-state index contributed by atoms with van der Waals surface area (Å²) in [5, 5.41) is 52.2. The van der Waals surface area contributed by atoms with Crippen molar-refractivity contribution in [1.82, 2.24) is 15.3 Å². The van der Waals surface area contributed by atoms with Crippen molar-refractivity contribution in [2.45, 2.75) is 91.8 Å². The Bertz CT molecular complexity index is 2740. The molecule has 0 bridgehead atoms. The van der Waals surface area contributed by atoms with Crippen molar-refractivity contribution >= 4 is 40.8 Å². The number of nitrogens with one attached hydrogen (secondary N) is 1. The van der Waals surface area contributed by atoms with E-state index in [2.05, 4.69) is 26.2 Å². The quantitative estimate of drug-likeness (QED) is 0.0378. The number of carboxylic acid groups (broad SMARTS) is 2. The van der Waals surface area contributed by atoms with Crippen LogP contribution in [0.4, 0.5) is 5.69 Å². The molecule has 0 aliphatic heterocycles. The van der Waals surface area contributed by atoms with Crippen LogP contribution in [0.3, 0.4) is 0 Å². The van der Waals surface area contributed by atoms with Crippen molar-refractivity contribution in [2.75, 3.05) is 0 Å². The van der Waals surface area contributed by atoms with E-state index in [-0.39, 0.29) is 55.9 Å². The van der Waals surface area contributed by atoms with Gasteiger partial charge in [0.2, 0.25) is 5.69 Å². The van der Waals surface area contributed by atoms with Crippen molar-refractivity contribution in [3.63, 3.8) is 0 Å². The molecular formula is C53H51Cl2N5O10. The third kappa shape index (κ3) is 13.5. The standard InChI is InChI=1S/C53H51Cl2N5O10/c1-30-38(28-69-49-18-47(67-27-36-15-41(57-5)25-59-23-36)37(16-45(49)54)12-13-44(32(3)61)52(63)64)8-6-10-42(30)43-11-7-9-39(31(43)2)29-70-50-19-48(68-26-35-14-34(20-56)21-58-22-35)40(17-46(50)55)24-60-51(33(4)62)53(65)66/h6-11,14-19,21-23,25,32-33,44,51,60-62H,12-13,24,26-29H2,1-4H3,(H,63,64)(H,65,66). The van der Waals surface area contributed by atoms with Gasteiger partial charge in [-0.05, 0) is 109 Å². The number of rotatable bonds is 23. The minimum absolute atomic E-state index is 0.00558. The lowest BCUT2D eigenvalue weighted by Crippen LogP contribution is -2.44. The second-order valence-electron chi connectivity index (χ2n) is 16.6. The fourth-order valence-electron chi connectivity index (χ4n) is 7.68. The molecule has 0 amide bonds. The third-order valence-electron chi connectivity index (χ3n) is 11.7. The van der Waals surface area contributed by atoms with Crippen LogP contribution in [0.5, 0.6) is 23.0 Å². The monoisotopic (exact) mass is 987 g/mol. The second-order valence-corrected chi connectivity index (χ2v) is 17.4. The number of hydrogen-bond donors (Lipinski definition) is 5. The first-order valence-corrected chi connectivity index (χ1v) is 22.9. The first-order chi connectivity index (χ1) is 33.6. The van der Waals surface area contributed by atoms with Gasteiger partial charge in [0, 0.05) is 54.6 Å². The van der Waals surface area contributed by atoms with Gasteiger partial charge in [-0.25, -0.2) is 4.85 Å². The van der Waals surface area contributed by atoms with Crippen LogP contribution in [0.1, 0.15) is 70.3 Å². The Hall–Kier alpha value is -7.24. The zero-order valence-electron chi connectivity index (χ0n) is 38.8. The maximum atomic E-state index is 11.9. The summed E-state index contributed by atoms with van der Waals surface area (Å²) in [7, 11) is 0. The lowest BCUT2D eigenvalue weighted by Gasteiger charge is -2.20. The van der Waals surface area contributed by atoms with Gasteiger partial charge < -0.3 is 39.4 Å². The average molecular weight is 989 g/mol. The predicted octanol–water partition coefficient (Wildman–Crippen LogP) is 9.74. The normalized spacial score (nSPS) is 12.7. The Kier molecular flexibility index (Phi) is 18.1. The van der Waals surface area contributed by atoms with E-state index in [1.807, 2.05) is 50.2 Å². The fraction of sp³-hybridized carbons (Fsp3) is 0.283. The molecule has 5 N–H and O–H groups in total. The van der Waals surface area contributed by atoms with E-state index >= 15 is 0 Å². The molecule has 6 rings (SSSR count). The smallest absolute Gasteiger partial charge is 0.323 e. The Labute approximate surface area is 415 Å². The van der Waals surface area contributed by atoms with Crippen molar-refractivity contribution in [3.8, 4) is 40.2 Å². The molecular weight excluding hydrogens is 938 g/mol. The molecule has 17 heteroatoms. The second kappa shape index (κ2) is 24.4. The summed E-state index contributed by atoms with van der Waals surface area (Å²) in [5.41, 5.74) is 8.75. The number of carboxylic acids is 2. The summed E-state index contributed by atoms with van der Waals surface area (Å²) in [6.45, 7) is 14.6. The zero-order chi connectivity index (χ0) is 50.5. The molecule has 2 aromatic heterocycles. The molecule has 4 unspecified atom stereocenters. The summed E-state index contributed by atoms with van der Waals surface area (Å²) < 4.78 is 25.1. The van der Waals surface area contributed by atoms with Crippen LogP contribution in [0.2, 0.25) is 10.0 Å². The molecule has 15 nitrogen and oxygen atoms in total. The van der Waals surface area contributed by atoms with Crippen molar-refractivity contribution < 1.29 is 49.0 Å². The Morgan fingerprint density at radius 3 is 1.74 bits per heavy atom. The Morgan fingerprint density at radius 2 is 1.23 bits per heavy atom. The van der Waals surface area contributed by atoms with E-state index in [0.717, 1.165) is 33.4 Å². The number of benzene rings is 4. The van der Waals surface area contributed by atoms with E-state index in [4.69, 9.17) is 48.7 Å². The van der Waals surface area contributed by atoms with Gasteiger partial charge in [-0.1, -0.05) is 59.6 Å². The summed E-state index contributed by atoms with van der Waals surface area (Å²) in [4.78, 5) is 35.3. The highest BCUT2D eigenvalue weighted by molar-refractivity contribution is 6.32. The number of aliphatic hydroxyl groups is 2. The minimum Gasteiger partial charge on any atom is -0.488 e. The molecule has 0 aliphatic carbocycles. The van der Waals surface area contributed by atoms with Gasteiger partial charge in [0.05, 0.1) is 40.3 Å². The maximum Gasteiger partial charge on any atom is 0.323 e. The van der Waals surface area contributed by atoms with Crippen molar-refractivity contribution in [3.05, 3.63) is 169 Å².